The predicted molar refractivity (Wildman–Crippen MR) is 224 cm³/mol. The molecular formula is C44H90NO7P. The van der Waals surface area contributed by atoms with Gasteiger partial charge in [-0.25, -0.2) is 4.57 Å². The van der Waals surface area contributed by atoms with Gasteiger partial charge in [0.05, 0.1) is 19.8 Å². The first kappa shape index (κ1) is 52.5. The highest BCUT2D eigenvalue weighted by molar-refractivity contribution is 7.47. The van der Waals surface area contributed by atoms with Gasteiger partial charge in [-0.3, -0.25) is 13.8 Å². The molecule has 53 heavy (non-hydrogen) atoms. The molecule has 0 spiro atoms. The van der Waals surface area contributed by atoms with Crippen LogP contribution in [0.25, 0.3) is 0 Å². The zero-order valence-corrected chi connectivity index (χ0v) is 36.2. The highest BCUT2D eigenvalue weighted by Crippen LogP contribution is 2.43. The number of esters is 1. The van der Waals surface area contributed by atoms with Crippen LogP contribution in [-0.4, -0.2) is 49.9 Å². The number of unbranched alkanes of at least 4 members (excludes halogenated alkanes) is 32. The monoisotopic (exact) mass is 776 g/mol. The van der Waals surface area contributed by atoms with Crippen molar-refractivity contribution in [2.45, 2.75) is 245 Å². The molecule has 0 rings (SSSR count). The molecule has 318 valence electrons. The summed E-state index contributed by atoms with van der Waals surface area (Å²) in [5.74, 6) is -0.322. The first-order chi connectivity index (χ1) is 25.9. The average Bonchev–Trinajstić information content (AvgIpc) is 3.15. The topological polar surface area (TPSA) is 117 Å². The van der Waals surface area contributed by atoms with E-state index in [2.05, 4.69) is 13.8 Å². The van der Waals surface area contributed by atoms with Gasteiger partial charge in [-0.05, 0) is 12.8 Å². The molecule has 0 saturated heterocycles. The summed E-state index contributed by atoms with van der Waals surface area (Å²) >= 11 is 0. The summed E-state index contributed by atoms with van der Waals surface area (Å²) in [6.07, 6.45) is 44.0. The average molecular weight is 776 g/mol. The van der Waals surface area contributed by atoms with E-state index >= 15 is 0 Å². The summed E-state index contributed by atoms with van der Waals surface area (Å²) in [5, 5.41) is 0. The highest BCUT2D eigenvalue weighted by Gasteiger charge is 2.25. The zero-order valence-electron chi connectivity index (χ0n) is 35.3. The van der Waals surface area contributed by atoms with Gasteiger partial charge in [0, 0.05) is 19.6 Å². The lowest BCUT2D eigenvalue weighted by atomic mass is 10.0. The molecule has 0 heterocycles. The maximum Gasteiger partial charge on any atom is 0.472 e. The van der Waals surface area contributed by atoms with E-state index in [-0.39, 0.29) is 32.3 Å². The predicted octanol–water partition coefficient (Wildman–Crippen LogP) is 13.7. The minimum atomic E-state index is -4.27. The Morgan fingerprint density at radius 1 is 0.491 bits per heavy atom. The van der Waals surface area contributed by atoms with E-state index in [0.717, 1.165) is 32.1 Å². The van der Waals surface area contributed by atoms with Crippen molar-refractivity contribution in [3.8, 4) is 0 Å². The summed E-state index contributed by atoms with van der Waals surface area (Å²) < 4.78 is 33.5. The van der Waals surface area contributed by atoms with Crippen LogP contribution in [-0.2, 0) is 27.9 Å². The molecule has 0 fully saturated rings. The van der Waals surface area contributed by atoms with E-state index in [4.69, 9.17) is 24.3 Å². The van der Waals surface area contributed by atoms with Crippen LogP contribution in [0, 0.1) is 0 Å². The van der Waals surface area contributed by atoms with E-state index in [1.165, 1.54) is 186 Å². The lowest BCUT2D eigenvalue weighted by Gasteiger charge is -2.20. The number of rotatable bonds is 45. The molecule has 2 atom stereocenters. The number of phosphoric acid groups is 1. The first-order valence-corrected chi connectivity index (χ1v) is 24.5. The molecular weight excluding hydrogens is 685 g/mol. The van der Waals surface area contributed by atoms with Crippen molar-refractivity contribution in [2.24, 2.45) is 5.73 Å². The fourth-order valence-corrected chi connectivity index (χ4v) is 7.65. The van der Waals surface area contributed by atoms with E-state index in [1.807, 2.05) is 0 Å². The Balaban J connectivity index is 3.94. The number of nitrogens with two attached hydrogens (primary N) is 1. The van der Waals surface area contributed by atoms with Crippen molar-refractivity contribution in [3.63, 3.8) is 0 Å². The van der Waals surface area contributed by atoms with Gasteiger partial charge in [0.1, 0.15) is 6.10 Å². The van der Waals surface area contributed by atoms with Gasteiger partial charge in [0.2, 0.25) is 0 Å². The molecule has 0 saturated carbocycles. The summed E-state index contributed by atoms with van der Waals surface area (Å²) in [6, 6.07) is 0. The van der Waals surface area contributed by atoms with Crippen molar-refractivity contribution >= 4 is 13.8 Å². The summed E-state index contributed by atoms with van der Waals surface area (Å²) in [7, 11) is -4.27. The van der Waals surface area contributed by atoms with Crippen LogP contribution >= 0.6 is 7.82 Å². The number of carbonyl (C=O) groups excluding carboxylic acids is 1. The highest BCUT2D eigenvalue weighted by atomic mass is 31.2. The standard InChI is InChI=1S/C44H90NO7P/c1-3-5-7-9-11-13-15-17-19-21-22-23-25-27-29-31-33-35-37-44(46)52-43(42-51-53(47,48)50-40-38-45)41-49-39-36-34-32-30-28-26-24-20-18-16-14-12-10-8-6-4-2/h43H,3-42,45H2,1-2H3,(H,47,48)/t43-/m1/s1. The largest absolute Gasteiger partial charge is 0.472 e. The lowest BCUT2D eigenvalue weighted by molar-refractivity contribution is -0.154. The Morgan fingerprint density at radius 2 is 0.830 bits per heavy atom. The second-order valence-corrected chi connectivity index (χ2v) is 17.1. The van der Waals surface area contributed by atoms with Gasteiger partial charge >= 0.3 is 13.8 Å². The molecule has 0 aromatic heterocycles. The Labute approximate surface area is 329 Å². The minimum absolute atomic E-state index is 0.0899. The fraction of sp³-hybridized carbons (Fsp3) is 0.977. The molecule has 0 aliphatic rings. The van der Waals surface area contributed by atoms with Crippen LogP contribution in [0.1, 0.15) is 239 Å². The van der Waals surface area contributed by atoms with E-state index in [1.54, 1.807) is 0 Å². The van der Waals surface area contributed by atoms with Gasteiger partial charge in [-0.15, -0.1) is 0 Å². The number of hydrogen-bond donors (Lipinski definition) is 2. The smallest absolute Gasteiger partial charge is 0.457 e. The Morgan fingerprint density at radius 3 is 1.19 bits per heavy atom. The molecule has 0 aliphatic heterocycles. The third kappa shape index (κ3) is 42.5. The summed E-state index contributed by atoms with van der Waals surface area (Å²) in [5.41, 5.74) is 5.38. The van der Waals surface area contributed by atoms with Gasteiger partial charge in [-0.2, -0.15) is 0 Å². The Hall–Kier alpha value is -0.500. The molecule has 0 bridgehead atoms. The number of carbonyl (C=O) groups is 1. The van der Waals surface area contributed by atoms with Crippen LogP contribution in [0.4, 0.5) is 0 Å². The molecule has 8 nitrogen and oxygen atoms in total. The van der Waals surface area contributed by atoms with E-state index in [0.29, 0.717) is 13.0 Å². The quantitative estimate of drug-likeness (QED) is 0.0357. The fourth-order valence-electron chi connectivity index (χ4n) is 6.88. The van der Waals surface area contributed by atoms with Crippen molar-refractivity contribution in [3.05, 3.63) is 0 Å². The molecule has 1 unspecified atom stereocenters. The van der Waals surface area contributed by atoms with Gasteiger partial charge in [0.25, 0.3) is 0 Å². The molecule has 0 aliphatic carbocycles. The van der Waals surface area contributed by atoms with Crippen LogP contribution < -0.4 is 5.73 Å². The lowest BCUT2D eigenvalue weighted by Crippen LogP contribution is -2.28. The Bertz CT molecular complexity index is 787. The second kappa shape index (κ2) is 42.6. The normalized spacial score (nSPS) is 13.4. The van der Waals surface area contributed by atoms with Gasteiger partial charge in [-0.1, -0.05) is 219 Å². The first-order valence-electron chi connectivity index (χ1n) is 23.0. The number of hydrogen-bond acceptors (Lipinski definition) is 7. The second-order valence-electron chi connectivity index (χ2n) is 15.6. The molecule has 0 amide bonds. The van der Waals surface area contributed by atoms with E-state index < -0.39 is 13.9 Å². The van der Waals surface area contributed by atoms with Crippen LogP contribution in [0.15, 0.2) is 0 Å². The summed E-state index contributed by atoms with van der Waals surface area (Å²) in [4.78, 5) is 22.5. The minimum Gasteiger partial charge on any atom is -0.457 e. The maximum absolute atomic E-state index is 12.6. The van der Waals surface area contributed by atoms with Crippen molar-refractivity contribution < 1.29 is 32.8 Å². The molecule has 3 N–H and O–H groups in total. The molecule has 0 aromatic carbocycles. The summed E-state index contributed by atoms with van der Waals surface area (Å²) in [6.45, 7) is 4.99. The van der Waals surface area contributed by atoms with Gasteiger partial charge in [0.15, 0.2) is 0 Å². The third-order valence-electron chi connectivity index (χ3n) is 10.3. The SMILES string of the molecule is CCCCCCCCCCCCCCCCCCCCC(=O)O[C@H](COCCCCCCCCCCCCCCCCCC)COP(=O)(O)OCCN. The van der Waals surface area contributed by atoms with Gasteiger partial charge < -0.3 is 20.1 Å². The third-order valence-corrected chi connectivity index (χ3v) is 11.3. The molecule has 0 aromatic rings. The number of phosphoric ester groups is 1. The van der Waals surface area contributed by atoms with Crippen LogP contribution in [0.5, 0.6) is 0 Å². The van der Waals surface area contributed by atoms with Crippen molar-refractivity contribution in [2.75, 3.05) is 33.0 Å². The zero-order chi connectivity index (χ0) is 38.8. The number of ether oxygens (including phenoxy) is 2. The van der Waals surface area contributed by atoms with E-state index in [9.17, 15) is 14.3 Å². The molecule has 9 heteroatoms. The molecule has 0 radical (unpaired) electrons. The maximum atomic E-state index is 12.6. The Kier molecular flexibility index (Phi) is 42.2. The van der Waals surface area contributed by atoms with Crippen molar-refractivity contribution in [1.82, 2.24) is 0 Å². The van der Waals surface area contributed by atoms with Crippen LogP contribution in [0.3, 0.4) is 0 Å². The van der Waals surface area contributed by atoms with Crippen molar-refractivity contribution in [1.29, 1.82) is 0 Å². The van der Waals surface area contributed by atoms with Crippen LogP contribution in [0.2, 0.25) is 0 Å².